The van der Waals surface area contributed by atoms with Gasteiger partial charge >= 0.3 is 0 Å². The van der Waals surface area contributed by atoms with Crippen LogP contribution >= 0.6 is 11.6 Å². The first-order chi connectivity index (χ1) is 9.41. The average molecular weight is 298 g/mol. The first-order valence-corrected chi connectivity index (χ1v) is 7.89. The molecule has 4 heteroatoms. The zero-order valence-electron chi connectivity index (χ0n) is 12.6. The number of nitrogens with one attached hydrogen (secondary N) is 1. The monoisotopic (exact) mass is 297 g/mol. The molecule has 1 aromatic heterocycles. The molecule has 2 rings (SSSR count). The molecule has 1 atom stereocenters. The topological polar surface area (TPSA) is 42.2 Å². The molecule has 0 aliphatic heterocycles. The van der Waals surface area contributed by atoms with Gasteiger partial charge in [0.25, 0.3) is 0 Å². The average Bonchev–Trinajstić information content (AvgIpc) is 2.68. The van der Waals surface area contributed by atoms with E-state index in [2.05, 4.69) is 25.2 Å². The number of rotatable bonds is 5. The van der Waals surface area contributed by atoms with Crippen LogP contribution in [0.1, 0.15) is 62.7 Å². The van der Waals surface area contributed by atoms with E-state index in [4.69, 9.17) is 16.0 Å². The molecule has 0 saturated carbocycles. The number of aryl methyl sites for hydroxylation is 1. The summed E-state index contributed by atoms with van der Waals surface area (Å²) in [6.07, 6.45) is 4.19. The van der Waals surface area contributed by atoms with E-state index in [1.807, 2.05) is 6.92 Å². The molecule has 0 aromatic carbocycles. The summed E-state index contributed by atoms with van der Waals surface area (Å²) >= 11 is 5.64. The number of amides is 1. The Labute approximate surface area is 126 Å². The van der Waals surface area contributed by atoms with Crippen molar-refractivity contribution in [1.29, 1.82) is 0 Å². The maximum absolute atomic E-state index is 12.0. The third kappa shape index (κ3) is 3.78. The summed E-state index contributed by atoms with van der Waals surface area (Å²) in [6, 6.07) is 2.14. The summed E-state index contributed by atoms with van der Waals surface area (Å²) in [5.74, 6) is 2.69. The fourth-order valence-electron chi connectivity index (χ4n) is 2.96. The Kier molecular flexibility index (Phi) is 4.79. The summed E-state index contributed by atoms with van der Waals surface area (Å²) in [4.78, 5) is 12.0. The molecule has 0 saturated heterocycles. The first-order valence-electron chi connectivity index (χ1n) is 7.36. The lowest BCUT2D eigenvalue weighted by Gasteiger charge is -2.34. The highest BCUT2D eigenvalue weighted by molar-refractivity contribution is 6.17. The van der Waals surface area contributed by atoms with Crippen LogP contribution in [0.25, 0.3) is 0 Å². The number of unbranched alkanes of at least 4 members (excludes halogenated alkanes) is 1. The van der Waals surface area contributed by atoms with Gasteiger partial charge in [-0.05, 0) is 37.7 Å². The van der Waals surface area contributed by atoms with Crippen molar-refractivity contribution in [2.45, 2.75) is 58.9 Å². The van der Waals surface area contributed by atoms with Crippen LogP contribution in [-0.4, -0.2) is 11.8 Å². The summed E-state index contributed by atoms with van der Waals surface area (Å²) in [7, 11) is 0. The zero-order valence-corrected chi connectivity index (χ0v) is 13.3. The molecular formula is C16H24ClNO2. The minimum Gasteiger partial charge on any atom is -0.466 e. The van der Waals surface area contributed by atoms with Crippen molar-refractivity contribution >= 4 is 17.5 Å². The maximum Gasteiger partial charge on any atom is 0.220 e. The minimum atomic E-state index is 0.0784. The van der Waals surface area contributed by atoms with Crippen LogP contribution in [0, 0.1) is 12.3 Å². The summed E-state index contributed by atoms with van der Waals surface area (Å²) < 4.78 is 5.78. The lowest BCUT2D eigenvalue weighted by Crippen LogP contribution is -2.35. The highest BCUT2D eigenvalue weighted by Gasteiger charge is 2.35. The number of furan rings is 1. The predicted octanol–water partition coefficient (Wildman–Crippen LogP) is 4.13. The van der Waals surface area contributed by atoms with E-state index in [0.29, 0.717) is 12.3 Å². The Morgan fingerprint density at radius 2 is 2.25 bits per heavy atom. The molecule has 0 bridgehead atoms. The van der Waals surface area contributed by atoms with Gasteiger partial charge in [-0.2, -0.15) is 0 Å². The normalized spacial score (nSPS) is 20.5. The van der Waals surface area contributed by atoms with Gasteiger partial charge in [-0.25, -0.2) is 0 Å². The molecule has 1 N–H and O–H groups in total. The molecule has 3 nitrogen and oxygen atoms in total. The fraction of sp³-hybridized carbons (Fsp3) is 0.688. The molecule has 1 heterocycles. The molecule has 0 spiro atoms. The van der Waals surface area contributed by atoms with Crippen LogP contribution < -0.4 is 5.32 Å². The van der Waals surface area contributed by atoms with E-state index in [-0.39, 0.29) is 17.4 Å². The number of carbonyl (C=O) groups is 1. The number of carbonyl (C=O) groups excluding carboxylic acids is 1. The van der Waals surface area contributed by atoms with Crippen LogP contribution in [0.4, 0.5) is 0 Å². The molecule has 0 radical (unpaired) electrons. The molecular weight excluding hydrogens is 274 g/mol. The van der Waals surface area contributed by atoms with Crippen molar-refractivity contribution in [1.82, 2.24) is 5.32 Å². The lowest BCUT2D eigenvalue weighted by atomic mass is 9.74. The van der Waals surface area contributed by atoms with Gasteiger partial charge in [-0.3, -0.25) is 4.79 Å². The standard InChI is InChI=1S/C16H24ClNO2/c1-11-8-12-13(18-15(19)6-4-5-7-17)9-16(2,3)10-14(12)20-11/h8,13H,4-7,9-10H2,1-3H3,(H,18,19). The third-order valence-corrected chi connectivity index (χ3v) is 4.13. The second kappa shape index (κ2) is 6.21. The van der Waals surface area contributed by atoms with E-state index in [0.717, 1.165) is 42.8 Å². The van der Waals surface area contributed by atoms with Gasteiger partial charge in [-0.15, -0.1) is 11.6 Å². The van der Waals surface area contributed by atoms with Crippen molar-refractivity contribution < 1.29 is 9.21 Å². The summed E-state index contributed by atoms with van der Waals surface area (Å²) in [5.41, 5.74) is 1.32. The maximum atomic E-state index is 12.0. The van der Waals surface area contributed by atoms with Crippen LogP contribution in [0.5, 0.6) is 0 Å². The summed E-state index contributed by atoms with van der Waals surface area (Å²) in [6.45, 7) is 6.41. The Bertz CT molecular complexity index is 479. The Balaban J connectivity index is 2.05. The molecule has 1 unspecified atom stereocenters. The first kappa shape index (κ1) is 15.4. The van der Waals surface area contributed by atoms with Gasteiger partial charge in [0, 0.05) is 24.3 Å². The number of hydrogen-bond donors (Lipinski definition) is 1. The van der Waals surface area contributed by atoms with E-state index in [1.54, 1.807) is 0 Å². The van der Waals surface area contributed by atoms with Gasteiger partial charge in [0.15, 0.2) is 0 Å². The number of fused-ring (bicyclic) bond motifs is 1. The van der Waals surface area contributed by atoms with Gasteiger partial charge in [0.05, 0.1) is 6.04 Å². The van der Waals surface area contributed by atoms with Gasteiger partial charge < -0.3 is 9.73 Å². The molecule has 1 aliphatic rings. The predicted molar refractivity (Wildman–Crippen MR) is 81.0 cm³/mol. The zero-order chi connectivity index (χ0) is 14.8. The second-order valence-electron chi connectivity index (χ2n) is 6.55. The molecule has 112 valence electrons. The molecule has 1 amide bonds. The van der Waals surface area contributed by atoms with Crippen LogP contribution in [-0.2, 0) is 11.2 Å². The number of halogens is 1. The molecule has 0 fully saturated rings. The Morgan fingerprint density at radius 1 is 1.50 bits per heavy atom. The Morgan fingerprint density at radius 3 is 2.95 bits per heavy atom. The largest absolute Gasteiger partial charge is 0.466 e. The van der Waals surface area contributed by atoms with Gasteiger partial charge in [-0.1, -0.05) is 13.8 Å². The van der Waals surface area contributed by atoms with Crippen molar-refractivity contribution in [2.24, 2.45) is 5.41 Å². The quantitative estimate of drug-likeness (QED) is 0.656. The van der Waals surface area contributed by atoms with E-state index >= 15 is 0 Å². The Hall–Kier alpha value is -0.960. The molecule has 20 heavy (non-hydrogen) atoms. The van der Waals surface area contributed by atoms with Crippen LogP contribution in [0.2, 0.25) is 0 Å². The lowest BCUT2D eigenvalue weighted by molar-refractivity contribution is -0.122. The molecule has 1 aliphatic carbocycles. The van der Waals surface area contributed by atoms with Crippen molar-refractivity contribution in [3.05, 3.63) is 23.2 Å². The summed E-state index contributed by atoms with van der Waals surface area (Å²) in [5, 5.41) is 3.16. The van der Waals surface area contributed by atoms with Crippen LogP contribution in [0.15, 0.2) is 10.5 Å². The number of alkyl halides is 1. The molecule has 1 aromatic rings. The smallest absolute Gasteiger partial charge is 0.220 e. The van der Waals surface area contributed by atoms with Gasteiger partial charge in [0.2, 0.25) is 5.91 Å². The van der Waals surface area contributed by atoms with E-state index in [1.165, 1.54) is 0 Å². The van der Waals surface area contributed by atoms with Crippen molar-refractivity contribution in [3.8, 4) is 0 Å². The van der Waals surface area contributed by atoms with Crippen molar-refractivity contribution in [2.75, 3.05) is 5.88 Å². The van der Waals surface area contributed by atoms with Crippen molar-refractivity contribution in [3.63, 3.8) is 0 Å². The highest BCUT2D eigenvalue weighted by atomic mass is 35.5. The minimum absolute atomic E-state index is 0.0784. The van der Waals surface area contributed by atoms with Crippen LogP contribution in [0.3, 0.4) is 0 Å². The fourth-order valence-corrected chi connectivity index (χ4v) is 3.15. The van der Waals surface area contributed by atoms with E-state index < -0.39 is 0 Å². The van der Waals surface area contributed by atoms with E-state index in [9.17, 15) is 4.79 Å². The highest BCUT2D eigenvalue weighted by Crippen LogP contribution is 2.42. The third-order valence-electron chi connectivity index (χ3n) is 3.86. The second-order valence-corrected chi connectivity index (χ2v) is 6.92. The SMILES string of the molecule is Cc1cc2c(o1)CC(C)(C)CC2NC(=O)CCCCCl. The van der Waals surface area contributed by atoms with Gasteiger partial charge in [0.1, 0.15) is 11.5 Å². The number of hydrogen-bond acceptors (Lipinski definition) is 2.